The van der Waals surface area contributed by atoms with E-state index in [1.165, 1.54) is 15.9 Å². The van der Waals surface area contributed by atoms with Gasteiger partial charge in [0.05, 0.1) is 11.4 Å². The van der Waals surface area contributed by atoms with Gasteiger partial charge in [-0.3, -0.25) is 14.5 Å². The smallest absolute Gasteiger partial charge is 0.265 e. The van der Waals surface area contributed by atoms with E-state index in [4.69, 9.17) is 4.74 Å². The first-order valence-electron chi connectivity index (χ1n) is 7.86. The largest absolute Gasteiger partial charge is 0.482 e. The maximum atomic E-state index is 12.4. The van der Waals surface area contributed by atoms with Gasteiger partial charge in [0.15, 0.2) is 6.61 Å². The van der Waals surface area contributed by atoms with Crippen molar-refractivity contribution in [1.29, 1.82) is 0 Å². The lowest BCUT2D eigenvalue weighted by Crippen LogP contribution is -2.43. The predicted octanol–water partition coefficient (Wildman–Crippen LogP) is 1.03. The molecule has 4 rings (SSSR count). The highest BCUT2D eigenvalue weighted by Crippen LogP contribution is 2.31. The lowest BCUT2D eigenvalue weighted by Gasteiger charge is -2.28. The first-order valence-corrected chi connectivity index (χ1v) is 7.86. The van der Waals surface area contributed by atoms with Crippen LogP contribution in [0.3, 0.4) is 0 Å². The number of amides is 2. The minimum Gasteiger partial charge on any atom is -0.482 e. The normalized spacial score (nSPS) is 13.1. The molecule has 0 aliphatic carbocycles. The van der Waals surface area contributed by atoms with Crippen LogP contribution in [0, 0.1) is 0 Å². The van der Waals surface area contributed by atoms with Gasteiger partial charge in [0.1, 0.15) is 18.6 Å². The molecule has 2 heterocycles. The molecule has 9 heteroatoms. The van der Waals surface area contributed by atoms with Gasteiger partial charge in [-0.15, -0.1) is 5.10 Å². The molecule has 0 unspecified atom stereocenters. The molecule has 1 aliphatic heterocycles. The van der Waals surface area contributed by atoms with Crippen molar-refractivity contribution in [3.05, 3.63) is 54.9 Å². The minimum absolute atomic E-state index is 0.0842. The summed E-state index contributed by atoms with van der Waals surface area (Å²) in [4.78, 5) is 26.0. The van der Waals surface area contributed by atoms with E-state index >= 15 is 0 Å². The van der Waals surface area contributed by atoms with Gasteiger partial charge in [-0.1, -0.05) is 18.2 Å². The Kier molecular flexibility index (Phi) is 4.02. The van der Waals surface area contributed by atoms with Crippen molar-refractivity contribution < 1.29 is 14.3 Å². The maximum absolute atomic E-state index is 12.4. The van der Waals surface area contributed by atoms with E-state index in [1.54, 1.807) is 36.4 Å². The number of hydrogen-bond donors (Lipinski definition) is 1. The number of para-hydroxylation sites is 2. The molecule has 0 atom stereocenters. The maximum Gasteiger partial charge on any atom is 0.265 e. The van der Waals surface area contributed by atoms with Crippen molar-refractivity contribution in [3.63, 3.8) is 0 Å². The van der Waals surface area contributed by atoms with Crippen molar-refractivity contribution in [2.75, 3.05) is 23.4 Å². The summed E-state index contributed by atoms with van der Waals surface area (Å²) in [5.74, 6) is 0.00536. The summed E-state index contributed by atoms with van der Waals surface area (Å²) in [6.07, 6.45) is 1.46. The van der Waals surface area contributed by atoms with E-state index in [9.17, 15) is 9.59 Å². The molecule has 1 N–H and O–H groups in total. The van der Waals surface area contributed by atoms with Crippen molar-refractivity contribution in [1.82, 2.24) is 20.2 Å². The van der Waals surface area contributed by atoms with Gasteiger partial charge >= 0.3 is 0 Å². The molecule has 0 spiro atoms. The summed E-state index contributed by atoms with van der Waals surface area (Å²) < 4.78 is 6.86. The lowest BCUT2D eigenvalue weighted by molar-refractivity contribution is -0.123. The highest BCUT2D eigenvalue weighted by molar-refractivity contribution is 6.05. The Morgan fingerprint density at radius 2 is 2.08 bits per heavy atom. The number of anilines is 2. The molecule has 2 amide bonds. The van der Waals surface area contributed by atoms with Crippen LogP contribution >= 0.6 is 0 Å². The highest BCUT2D eigenvalue weighted by Gasteiger charge is 2.26. The summed E-state index contributed by atoms with van der Waals surface area (Å²) in [5.41, 5.74) is 1.87. The lowest BCUT2D eigenvalue weighted by atomic mass is 10.2. The summed E-state index contributed by atoms with van der Waals surface area (Å²) in [6.45, 7) is -0.187. The zero-order valence-electron chi connectivity index (χ0n) is 13.6. The molecule has 1 aliphatic rings. The third-order valence-electron chi connectivity index (χ3n) is 3.85. The van der Waals surface area contributed by atoms with Gasteiger partial charge in [0, 0.05) is 5.69 Å². The zero-order valence-corrected chi connectivity index (χ0v) is 13.6. The van der Waals surface area contributed by atoms with Crippen molar-refractivity contribution >= 4 is 23.2 Å². The first kappa shape index (κ1) is 15.8. The van der Waals surface area contributed by atoms with Crippen LogP contribution in [0.15, 0.2) is 54.9 Å². The fourth-order valence-electron chi connectivity index (χ4n) is 2.68. The number of nitrogens with zero attached hydrogens (tertiary/aromatic N) is 5. The molecule has 2 aromatic carbocycles. The van der Waals surface area contributed by atoms with Gasteiger partial charge in [0.25, 0.3) is 5.91 Å². The first-order chi connectivity index (χ1) is 12.7. The standard InChI is InChI=1S/C17H14N6O3/c24-16(9-22-14-6-1-2-7-15(14)26-10-17(22)25)19-12-4-3-5-13(8-12)23-11-18-20-21-23/h1-8,11H,9-10H2,(H,19,24). The van der Waals surface area contributed by atoms with Crippen LogP contribution in [0.4, 0.5) is 11.4 Å². The Labute approximate surface area is 148 Å². The molecule has 0 fully saturated rings. The summed E-state index contributed by atoms with van der Waals surface area (Å²) >= 11 is 0. The number of tetrazole rings is 1. The molecular formula is C17H14N6O3. The molecule has 26 heavy (non-hydrogen) atoms. The molecule has 9 nitrogen and oxygen atoms in total. The second-order valence-corrected chi connectivity index (χ2v) is 5.59. The molecule has 0 saturated carbocycles. The number of benzene rings is 2. The molecular weight excluding hydrogens is 336 g/mol. The molecule has 0 saturated heterocycles. The Balaban J connectivity index is 1.50. The van der Waals surface area contributed by atoms with Crippen LogP contribution in [-0.2, 0) is 9.59 Å². The van der Waals surface area contributed by atoms with E-state index in [-0.39, 0.29) is 25.0 Å². The van der Waals surface area contributed by atoms with Gasteiger partial charge in [0.2, 0.25) is 5.91 Å². The second-order valence-electron chi connectivity index (χ2n) is 5.59. The summed E-state index contributed by atoms with van der Waals surface area (Å²) in [7, 11) is 0. The Morgan fingerprint density at radius 3 is 2.92 bits per heavy atom. The Bertz CT molecular complexity index is 957. The third kappa shape index (κ3) is 3.09. The number of fused-ring (bicyclic) bond motifs is 1. The van der Waals surface area contributed by atoms with Gasteiger partial charge in [-0.25, -0.2) is 4.68 Å². The number of carbonyl (C=O) groups is 2. The van der Waals surface area contributed by atoms with Crippen molar-refractivity contribution in [2.24, 2.45) is 0 Å². The molecule has 3 aromatic rings. The number of nitrogens with one attached hydrogen (secondary N) is 1. The second kappa shape index (κ2) is 6.63. The van der Waals surface area contributed by atoms with Crippen LogP contribution in [-0.4, -0.2) is 45.2 Å². The van der Waals surface area contributed by atoms with E-state index in [0.29, 0.717) is 22.8 Å². The van der Waals surface area contributed by atoms with Gasteiger partial charge in [-0.2, -0.15) is 0 Å². The molecule has 130 valence electrons. The van der Waals surface area contributed by atoms with Crippen LogP contribution in [0.1, 0.15) is 0 Å². The number of carbonyl (C=O) groups excluding carboxylic acids is 2. The quantitative estimate of drug-likeness (QED) is 0.754. The summed E-state index contributed by atoms with van der Waals surface area (Å²) in [5, 5.41) is 13.8. The third-order valence-corrected chi connectivity index (χ3v) is 3.85. The fraction of sp³-hybridized carbons (Fsp3) is 0.118. The Hall–Kier alpha value is -3.75. The van der Waals surface area contributed by atoms with Crippen molar-refractivity contribution in [2.45, 2.75) is 0 Å². The van der Waals surface area contributed by atoms with Crippen LogP contribution < -0.4 is 15.0 Å². The topological polar surface area (TPSA) is 102 Å². The van der Waals surface area contributed by atoms with E-state index < -0.39 is 0 Å². The summed E-state index contributed by atoms with van der Waals surface area (Å²) in [6, 6.07) is 14.2. The molecule has 0 radical (unpaired) electrons. The van der Waals surface area contributed by atoms with Crippen molar-refractivity contribution in [3.8, 4) is 11.4 Å². The minimum atomic E-state index is -0.316. The van der Waals surface area contributed by atoms with Gasteiger partial charge in [-0.05, 0) is 40.8 Å². The molecule has 0 bridgehead atoms. The number of rotatable bonds is 4. The van der Waals surface area contributed by atoms with Crippen LogP contribution in [0.5, 0.6) is 5.75 Å². The SMILES string of the molecule is O=C(CN1C(=O)COc2ccccc21)Nc1cccc(-n2cnnn2)c1. The van der Waals surface area contributed by atoms with E-state index in [1.807, 2.05) is 12.1 Å². The van der Waals surface area contributed by atoms with E-state index in [0.717, 1.165) is 0 Å². The average molecular weight is 350 g/mol. The highest BCUT2D eigenvalue weighted by atomic mass is 16.5. The van der Waals surface area contributed by atoms with Crippen LogP contribution in [0.25, 0.3) is 5.69 Å². The fourth-order valence-corrected chi connectivity index (χ4v) is 2.68. The number of ether oxygens (including phenoxy) is 1. The monoisotopic (exact) mass is 350 g/mol. The number of aromatic nitrogens is 4. The predicted molar refractivity (Wildman–Crippen MR) is 92.1 cm³/mol. The zero-order chi connectivity index (χ0) is 17.9. The van der Waals surface area contributed by atoms with E-state index in [2.05, 4.69) is 20.8 Å². The van der Waals surface area contributed by atoms with Gasteiger partial charge < -0.3 is 10.1 Å². The Morgan fingerprint density at radius 1 is 1.19 bits per heavy atom. The number of hydrogen-bond acceptors (Lipinski definition) is 6. The molecule has 1 aromatic heterocycles. The average Bonchev–Trinajstić information content (AvgIpc) is 3.19. The van der Waals surface area contributed by atoms with Crippen LogP contribution in [0.2, 0.25) is 0 Å².